The zero-order chi connectivity index (χ0) is 11.4. The van der Waals surface area contributed by atoms with Gasteiger partial charge in [-0.15, -0.1) is 0 Å². The van der Waals surface area contributed by atoms with E-state index in [4.69, 9.17) is 5.26 Å². The molecular formula is C12H16N4. The van der Waals surface area contributed by atoms with Crippen molar-refractivity contribution in [3.8, 4) is 6.07 Å². The average molecular weight is 216 g/mol. The van der Waals surface area contributed by atoms with Crippen molar-refractivity contribution < 1.29 is 0 Å². The molecular weight excluding hydrogens is 200 g/mol. The first-order valence-corrected chi connectivity index (χ1v) is 5.70. The average Bonchev–Trinajstić information content (AvgIpc) is 2.39. The van der Waals surface area contributed by atoms with E-state index in [2.05, 4.69) is 34.3 Å². The number of piperazine rings is 1. The number of anilines is 1. The van der Waals surface area contributed by atoms with Gasteiger partial charge in [0.15, 0.2) is 5.69 Å². The van der Waals surface area contributed by atoms with Gasteiger partial charge in [0.2, 0.25) is 0 Å². The highest BCUT2D eigenvalue weighted by Crippen LogP contribution is 2.20. The Morgan fingerprint density at radius 2 is 2.25 bits per heavy atom. The minimum absolute atomic E-state index is 0.541. The molecule has 84 valence electrons. The number of nitrogens with one attached hydrogen (secondary N) is 1. The van der Waals surface area contributed by atoms with Crippen LogP contribution >= 0.6 is 0 Å². The van der Waals surface area contributed by atoms with E-state index in [0.717, 1.165) is 38.3 Å². The van der Waals surface area contributed by atoms with Gasteiger partial charge >= 0.3 is 0 Å². The molecule has 0 saturated carbocycles. The Morgan fingerprint density at radius 3 is 2.88 bits per heavy atom. The van der Waals surface area contributed by atoms with Crippen LogP contribution in [-0.2, 0) is 6.42 Å². The van der Waals surface area contributed by atoms with Crippen LogP contribution in [0.5, 0.6) is 0 Å². The van der Waals surface area contributed by atoms with Crippen LogP contribution in [0.25, 0.3) is 0 Å². The summed E-state index contributed by atoms with van der Waals surface area (Å²) in [5.41, 5.74) is 2.72. The summed E-state index contributed by atoms with van der Waals surface area (Å²) in [4.78, 5) is 6.46. The number of nitrogens with zero attached hydrogens (tertiary/aromatic N) is 3. The minimum Gasteiger partial charge on any atom is -0.367 e. The van der Waals surface area contributed by atoms with E-state index in [9.17, 15) is 0 Å². The molecule has 4 nitrogen and oxygen atoms in total. The Kier molecular flexibility index (Phi) is 3.37. The van der Waals surface area contributed by atoms with Crippen LogP contribution in [0.15, 0.2) is 12.3 Å². The standard InChI is InChI=1S/C12H16N4/c1-2-10-7-12(11(8-13)15-9-10)16-5-3-14-4-6-16/h7,9,14H,2-6H2,1H3. The summed E-state index contributed by atoms with van der Waals surface area (Å²) in [5.74, 6) is 0. The molecule has 0 aromatic carbocycles. The summed E-state index contributed by atoms with van der Waals surface area (Å²) in [7, 11) is 0. The highest BCUT2D eigenvalue weighted by Gasteiger charge is 2.15. The van der Waals surface area contributed by atoms with Gasteiger partial charge < -0.3 is 10.2 Å². The fourth-order valence-electron chi connectivity index (χ4n) is 1.92. The quantitative estimate of drug-likeness (QED) is 0.799. The third kappa shape index (κ3) is 2.15. The molecule has 1 aromatic heterocycles. The maximum absolute atomic E-state index is 9.06. The number of hydrogen-bond acceptors (Lipinski definition) is 4. The zero-order valence-corrected chi connectivity index (χ0v) is 9.53. The normalized spacial score (nSPS) is 15.9. The van der Waals surface area contributed by atoms with E-state index in [0.29, 0.717) is 5.69 Å². The van der Waals surface area contributed by atoms with Crippen LogP contribution in [-0.4, -0.2) is 31.2 Å². The maximum atomic E-state index is 9.06. The third-order valence-electron chi connectivity index (χ3n) is 2.90. The van der Waals surface area contributed by atoms with Crippen molar-refractivity contribution in [3.63, 3.8) is 0 Å². The Balaban J connectivity index is 2.32. The highest BCUT2D eigenvalue weighted by molar-refractivity contribution is 5.57. The molecule has 4 heteroatoms. The van der Waals surface area contributed by atoms with Crippen LogP contribution < -0.4 is 10.2 Å². The van der Waals surface area contributed by atoms with Gasteiger partial charge in [-0.1, -0.05) is 6.92 Å². The van der Waals surface area contributed by atoms with Crippen molar-refractivity contribution in [3.05, 3.63) is 23.5 Å². The van der Waals surface area contributed by atoms with Gasteiger partial charge in [0.25, 0.3) is 0 Å². The van der Waals surface area contributed by atoms with Crippen LogP contribution in [0.4, 0.5) is 5.69 Å². The fourth-order valence-corrected chi connectivity index (χ4v) is 1.92. The first kappa shape index (κ1) is 10.9. The first-order chi connectivity index (χ1) is 7.85. The minimum atomic E-state index is 0.541. The summed E-state index contributed by atoms with van der Waals surface area (Å²) in [6, 6.07) is 4.27. The summed E-state index contributed by atoms with van der Waals surface area (Å²) < 4.78 is 0. The Bertz CT molecular complexity index is 402. The van der Waals surface area contributed by atoms with Gasteiger partial charge in [0, 0.05) is 32.4 Å². The number of pyridine rings is 1. The molecule has 0 aliphatic carbocycles. The second kappa shape index (κ2) is 4.95. The van der Waals surface area contributed by atoms with Crippen molar-refractivity contribution in [2.75, 3.05) is 31.1 Å². The zero-order valence-electron chi connectivity index (χ0n) is 9.53. The van der Waals surface area contributed by atoms with E-state index >= 15 is 0 Å². The third-order valence-corrected chi connectivity index (χ3v) is 2.90. The molecule has 1 N–H and O–H groups in total. The predicted octanol–water partition coefficient (Wildman–Crippen LogP) is 0.925. The molecule has 0 bridgehead atoms. The van der Waals surface area contributed by atoms with Crippen molar-refractivity contribution in [1.29, 1.82) is 5.26 Å². The van der Waals surface area contributed by atoms with Gasteiger partial charge in [-0.05, 0) is 18.1 Å². The molecule has 0 amide bonds. The largest absolute Gasteiger partial charge is 0.367 e. The second-order valence-electron chi connectivity index (χ2n) is 3.91. The topological polar surface area (TPSA) is 52.0 Å². The van der Waals surface area contributed by atoms with E-state index in [1.165, 1.54) is 5.56 Å². The number of hydrogen-bond donors (Lipinski definition) is 1. The van der Waals surface area contributed by atoms with Crippen molar-refractivity contribution in [1.82, 2.24) is 10.3 Å². The van der Waals surface area contributed by atoms with Crippen molar-refractivity contribution in [2.45, 2.75) is 13.3 Å². The monoisotopic (exact) mass is 216 g/mol. The van der Waals surface area contributed by atoms with Crippen molar-refractivity contribution in [2.24, 2.45) is 0 Å². The fraction of sp³-hybridized carbons (Fsp3) is 0.500. The molecule has 1 saturated heterocycles. The van der Waals surface area contributed by atoms with E-state index < -0.39 is 0 Å². The van der Waals surface area contributed by atoms with Crippen molar-refractivity contribution >= 4 is 5.69 Å². The Morgan fingerprint density at radius 1 is 1.50 bits per heavy atom. The molecule has 0 atom stereocenters. The van der Waals surface area contributed by atoms with Gasteiger partial charge in [-0.3, -0.25) is 0 Å². The Hall–Kier alpha value is -1.60. The maximum Gasteiger partial charge on any atom is 0.163 e. The SMILES string of the molecule is CCc1cnc(C#N)c(N2CCNCC2)c1. The predicted molar refractivity (Wildman–Crippen MR) is 63.4 cm³/mol. The number of nitriles is 1. The summed E-state index contributed by atoms with van der Waals surface area (Å²) in [6.45, 7) is 5.94. The number of aryl methyl sites for hydroxylation is 1. The molecule has 1 aromatic rings. The summed E-state index contributed by atoms with van der Waals surface area (Å²) in [6.07, 6.45) is 2.75. The smallest absolute Gasteiger partial charge is 0.163 e. The molecule has 0 spiro atoms. The summed E-state index contributed by atoms with van der Waals surface area (Å²) in [5, 5.41) is 12.4. The van der Waals surface area contributed by atoms with Gasteiger partial charge in [-0.2, -0.15) is 5.26 Å². The van der Waals surface area contributed by atoms with Crippen LogP contribution in [0.1, 0.15) is 18.2 Å². The number of aromatic nitrogens is 1. The highest BCUT2D eigenvalue weighted by atomic mass is 15.2. The molecule has 2 heterocycles. The molecule has 1 aliphatic rings. The van der Waals surface area contributed by atoms with E-state index in [1.807, 2.05) is 0 Å². The lowest BCUT2D eigenvalue weighted by Gasteiger charge is -2.29. The molecule has 16 heavy (non-hydrogen) atoms. The van der Waals surface area contributed by atoms with Crippen LogP contribution in [0.2, 0.25) is 0 Å². The Labute approximate surface area is 95.9 Å². The first-order valence-electron chi connectivity index (χ1n) is 5.70. The van der Waals surface area contributed by atoms with Gasteiger partial charge in [-0.25, -0.2) is 4.98 Å². The number of rotatable bonds is 2. The molecule has 0 unspecified atom stereocenters. The van der Waals surface area contributed by atoms with Gasteiger partial charge in [0.05, 0.1) is 5.69 Å². The van der Waals surface area contributed by atoms with Crippen LogP contribution in [0, 0.1) is 11.3 Å². The molecule has 1 fully saturated rings. The van der Waals surface area contributed by atoms with E-state index in [-0.39, 0.29) is 0 Å². The van der Waals surface area contributed by atoms with Gasteiger partial charge in [0.1, 0.15) is 6.07 Å². The summed E-state index contributed by atoms with van der Waals surface area (Å²) >= 11 is 0. The van der Waals surface area contributed by atoms with Crippen LogP contribution in [0.3, 0.4) is 0 Å². The molecule has 1 aliphatic heterocycles. The van der Waals surface area contributed by atoms with E-state index in [1.54, 1.807) is 6.20 Å². The second-order valence-corrected chi connectivity index (χ2v) is 3.91. The molecule has 2 rings (SSSR count). The molecule has 0 radical (unpaired) electrons. The lowest BCUT2D eigenvalue weighted by molar-refractivity contribution is 0.588. The lowest BCUT2D eigenvalue weighted by atomic mass is 10.1. The lowest BCUT2D eigenvalue weighted by Crippen LogP contribution is -2.43.